The number of halogens is 1. The molecule has 5 heterocycles. The van der Waals surface area contributed by atoms with Crippen LogP contribution in [0, 0.1) is 5.82 Å². The molecule has 0 aliphatic heterocycles. The van der Waals surface area contributed by atoms with Crippen molar-refractivity contribution in [3.63, 3.8) is 0 Å². The fraction of sp³-hybridized carbons (Fsp3) is 0.115. The zero-order valence-corrected chi connectivity index (χ0v) is 19.2. The minimum absolute atomic E-state index is 0.112. The van der Waals surface area contributed by atoms with E-state index in [0.29, 0.717) is 56.9 Å². The first kappa shape index (κ1) is 21.7. The minimum atomic E-state index is -0.469. The quantitative estimate of drug-likeness (QED) is 0.280. The molecule has 0 unspecified atom stereocenters. The van der Waals surface area contributed by atoms with Crippen LogP contribution >= 0.6 is 0 Å². The number of rotatable bonds is 6. The van der Waals surface area contributed by atoms with Gasteiger partial charge in [-0.05, 0) is 36.8 Å². The number of amides is 1. The third kappa shape index (κ3) is 3.68. The first-order chi connectivity index (χ1) is 17.6. The molecule has 0 fully saturated rings. The Labute approximate surface area is 203 Å². The molecule has 36 heavy (non-hydrogen) atoms. The molecule has 5 aromatic heterocycles. The molecule has 0 aliphatic rings. The summed E-state index contributed by atoms with van der Waals surface area (Å²) in [6.45, 7) is 1.93. The van der Waals surface area contributed by atoms with Crippen LogP contribution in [0.1, 0.15) is 19.8 Å². The van der Waals surface area contributed by atoms with Crippen molar-refractivity contribution in [3.8, 4) is 33.9 Å². The van der Waals surface area contributed by atoms with Crippen LogP contribution in [0.5, 0.6) is 0 Å². The molecule has 0 saturated carbocycles. The number of nitrogens with zero attached hydrogens (tertiary/aromatic N) is 4. The van der Waals surface area contributed by atoms with Crippen molar-refractivity contribution in [3.05, 3.63) is 67.3 Å². The largest absolute Gasteiger partial charge is 0.472 e. The number of nitrogens with one attached hydrogen (secondary N) is 3. The molecule has 0 radical (unpaired) electrons. The van der Waals surface area contributed by atoms with Crippen molar-refractivity contribution in [1.29, 1.82) is 0 Å². The van der Waals surface area contributed by atoms with Gasteiger partial charge in [-0.2, -0.15) is 5.10 Å². The summed E-state index contributed by atoms with van der Waals surface area (Å²) in [7, 11) is 0. The third-order valence-electron chi connectivity index (χ3n) is 5.90. The lowest BCUT2D eigenvalue weighted by molar-refractivity contribution is -0.116. The number of anilines is 1. The zero-order valence-electron chi connectivity index (χ0n) is 19.2. The second-order valence-corrected chi connectivity index (χ2v) is 8.34. The summed E-state index contributed by atoms with van der Waals surface area (Å²) in [4.78, 5) is 28.6. The van der Waals surface area contributed by atoms with Gasteiger partial charge in [-0.1, -0.05) is 6.92 Å². The van der Waals surface area contributed by atoms with Crippen LogP contribution in [0.4, 0.5) is 10.1 Å². The van der Waals surface area contributed by atoms with Crippen molar-refractivity contribution in [2.24, 2.45) is 0 Å². The van der Waals surface area contributed by atoms with E-state index in [0.717, 1.165) is 17.5 Å². The maximum Gasteiger partial charge on any atom is 0.224 e. The number of fused-ring (bicyclic) bond motifs is 2. The van der Waals surface area contributed by atoms with E-state index < -0.39 is 5.82 Å². The number of imidazole rings is 1. The van der Waals surface area contributed by atoms with Gasteiger partial charge in [-0.3, -0.25) is 19.9 Å². The van der Waals surface area contributed by atoms with Gasteiger partial charge in [-0.25, -0.2) is 9.37 Å². The lowest BCUT2D eigenvalue weighted by atomic mass is 10.0. The molecule has 1 aromatic carbocycles. The number of hydrogen-bond acceptors (Lipinski definition) is 6. The Kier molecular flexibility index (Phi) is 5.25. The van der Waals surface area contributed by atoms with Gasteiger partial charge < -0.3 is 14.7 Å². The Balaban J connectivity index is 1.44. The highest BCUT2D eigenvalue weighted by atomic mass is 19.1. The highest BCUT2D eigenvalue weighted by Crippen LogP contribution is 2.35. The van der Waals surface area contributed by atoms with Crippen LogP contribution in [-0.4, -0.2) is 36.0 Å². The van der Waals surface area contributed by atoms with E-state index in [9.17, 15) is 4.79 Å². The molecule has 3 N–H and O–H groups in total. The Morgan fingerprint density at radius 2 is 2.03 bits per heavy atom. The SMILES string of the molecule is CCCC(=O)Nc1cncc(-c2ccc3[nH]nc(-c4nc5c(-c6ccoc6)nccc5[nH]4)c3c2F)c1. The summed E-state index contributed by atoms with van der Waals surface area (Å²) in [5.74, 6) is -0.175. The predicted octanol–water partition coefficient (Wildman–Crippen LogP) is 5.70. The summed E-state index contributed by atoms with van der Waals surface area (Å²) in [6.07, 6.45) is 9.07. The number of aromatic nitrogens is 6. The Bertz CT molecular complexity index is 1720. The van der Waals surface area contributed by atoms with Crippen molar-refractivity contribution in [2.45, 2.75) is 19.8 Å². The molecule has 0 aliphatic carbocycles. The molecule has 1 amide bonds. The summed E-state index contributed by atoms with van der Waals surface area (Å²) >= 11 is 0. The number of pyridine rings is 2. The summed E-state index contributed by atoms with van der Waals surface area (Å²) in [5, 5.41) is 10.3. The Hall–Kier alpha value is -4.86. The van der Waals surface area contributed by atoms with Gasteiger partial charge in [0.25, 0.3) is 0 Å². The first-order valence-electron chi connectivity index (χ1n) is 11.4. The van der Waals surface area contributed by atoms with Crippen molar-refractivity contribution >= 4 is 33.5 Å². The van der Waals surface area contributed by atoms with Gasteiger partial charge in [-0.15, -0.1) is 0 Å². The van der Waals surface area contributed by atoms with Gasteiger partial charge in [0.2, 0.25) is 5.91 Å². The molecule has 178 valence electrons. The van der Waals surface area contributed by atoms with E-state index in [1.54, 1.807) is 55.3 Å². The lowest BCUT2D eigenvalue weighted by Crippen LogP contribution is -2.10. The lowest BCUT2D eigenvalue weighted by Gasteiger charge is -2.08. The fourth-order valence-corrected chi connectivity index (χ4v) is 4.23. The monoisotopic (exact) mass is 481 g/mol. The van der Waals surface area contributed by atoms with E-state index >= 15 is 4.39 Å². The smallest absolute Gasteiger partial charge is 0.224 e. The van der Waals surface area contributed by atoms with Gasteiger partial charge >= 0.3 is 0 Å². The van der Waals surface area contributed by atoms with Crippen LogP contribution in [0.25, 0.3) is 55.8 Å². The average molecular weight is 481 g/mol. The van der Waals surface area contributed by atoms with Gasteiger partial charge in [0.15, 0.2) is 5.82 Å². The van der Waals surface area contributed by atoms with Crippen LogP contribution in [0.3, 0.4) is 0 Å². The minimum Gasteiger partial charge on any atom is -0.472 e. The number of aromatic amines is 2. The third-order valence-corrected chi connectivity index (χ3v) is 5.90. The summed E-state index contributed by atoms with van der Waals surface area (Å²) in [5.41, 5.74) is 5.06. The van der Waals surface area contributed by atoms with E-state index in [1.807, 2.05) is 6.92 Å². The number of hydrogen-bond donors (Lipinski definition) is 3. The number of carbonyl (C=O) groups is 1. The van der Waals surface area contributed by atoms with Crippen molar-refractivity contribution in [1.82, 2.24) is 30.1 Å². The molecule has 0 bridgehead atoms. The highest BCUT2D eigenvalue weighted by Gasteiger charge is 2.21. The standard InChI is InChI=1S/C26H20FN7O2/c1-2-3-20(35)30-16-10-15(11-28-12-16)17-4-5-18-21(22(17)27)25(34-33-18)26-31-19-6-8-29-23(24(19)32-26)14-7-9-36-13-14/h4-13H,2-3H2,1H3,(H,30,35)(H,31,32)(H,33,34). The highest BCUT2D eigenvalue weighted by molar-refractivity contribution is 5.98. The van der Waals surface area contributed by atoms with Crippen LogP contribution in [-0.2, 0) is 4.79 Å². The van der Waals surface area contributed by atoms with E-state index in [4.69, 9.17) is 9.40 Å². The van der Waals surface area contributed by atoms with Crippen LogP contribution in [0.15, 0.2) is 65.9 Å². The Morgan fingerprint density at radius 3 is 2.86 bits per heavy atom. The molecule has 0 atom stereocenters. The maximum absolute atomic E-state index is 16.0. The van der Waals surface area contributed by atoms with Gasteiger partial charge in [0.05, 0.1) is 40.8 Å². The first-order valence-corrected chi connectivity index (χ1v) is 11.4. The molecule has 10 heteroatoms. The Morgan fingerprint density at radius 1 is 1.11 bits per heavy atom. The topological polar surface area (TPSA) is 125 Å². The molecule has 6 aromatic rings. The number of benzene rings is 1. The molecule has 0 spiro atoms. The second kappa shape index (κ2) is 8.73. The molecule has 0 saturated heterocycles. The fourth-order valence-electron chi connectivity index (χ4n) is 4.23. The zero-order chi connectivity index (χ0) is 24.6. The average Bonchev–Trinajstić information content (AvgIpc) is 3.63. The maximum atomic E-state index is 16.0. The molecular weight excluding hydrogens is 461 g/mol. The summed E-state index contributed by atoms with van der Waals surface area (Å²) in [6, 6.07) is 8.73. The number of furan rings is 1. The van der Waals surface area contributed by atoms with Gasteiger partial charge in [0, 0.05) is 35.5 Å². The van der Waals surface area contributed by atoms with E-state index in [2.05, 4.69) is 30.5 Å². The molecular formula is C26H20FN7O2. The molecule has 9 nitrogen and oxygen atoms in total. The van der Waals surface area contributed by atoms with Crippen LogP contribution < -0.4 is 5.32 Å². The van der Waals surface area contributed by atoms with Crippen molar-refractivity contribution < 1.29 is 13.6 Å². The van der Waals surface area contributed by atoms with E-state index in [1.165, 1.54) is 6.20 Å². The second-order valence-electron chi connectivity index (χ2n) is 8.34. The number of carbonyl (C=O) groups excluding carboxylic acids is 1. The number of H-pyrrole nitrogens is 2. The van der Waals surface area contributed by atoms with E-state index in [-0.39, 0.29) is 5.91 Å². The van der Waals surface area contributed by atoms with Crippen LogP contribution in [0.2, 0.25) is 0 Å². The predicted molar refractivity (Wildman–Crippen MR) is 133 cm³/mol. The molecule has 6 rings (SSSR count). The summed E-state index contributed by atoms with van der Waals surface area (Å²) < 4.78 is 21.2. The van der Waals surface area contributed by atoms with Gasteiger partial charge in [0.1, 0.15) is 22.7 Å². The normalized spacial score (nSPS) is 11.4. The van der Waals surface area contributed by atoms with Crippen molar-refractivity contribution in [2.75, 3.05) is 5.32 Å².